The van der Waals surface area contributed by atoms with E-state index in [1.165, 1.54) is 17.4 Å². The maximum Gasteiger partial charge on any atom is 0.419 e. The van der Waals surface area contributed by atoms with Crippen molar-refractivity contribution >= 4 is 11.3 Å². The van der Waals surface area contributed by atoms with Crippen LogP contribution in [0.2, 0.25) is 0 Å². The number of halogens is 4. The van der Waals surface area contributed by atoms with E-state index in [1.54, 1.807) is 12.1 Å². The van der Waals surface area contributed by atoms with E-state index < -0.39 is 17.6 Å². The Balaban J connectivity index is 2.06. The maximum absolute atomic E-state index is 14.0. The molecule has 3 rings (SSSR count). The van der Waals surface area contributed by atoms with Crippen molar-refractivity contribution in [2.24, 2.45) is 0 Å². The fourth-order valence-electron chi connectivity index (χ4n) is 1.83. The Bertz CT molecular complexity index is 762. The van der Waals surface area contributed by atoms with E-state index in [1.807, 2.05) is 5.38 Å². The Morgan fingerprint density at radius 2 is 1.90 bits per heavy atom. The van der Waals surface area contributed by atoms with Gasteiger partial charge in [0.25, 0.3) is 0 Å². The number of nitrogens with zero attached hydrogens (tertiary/aromatic N) is 2. The van der Waals surface area contributed by atoms with E-state index in [0.717, 1.165) is 10.9 Å². The summed E-state index contributed by atoms with van der Waals surface area (Å²) >= 11 is 1.39. The fraction of sp³-hybridized carbons (Fsp3) is 0.0769. The van der Waals surface area contributed by atoms with Crippen LogP contribution in [0.3, 0.4) is 0 Å². The van der Waals surface area contributed by atoms with Crippen LogP contribution in [0.5, 0.6) is 0 Å². The van der Waals surface area contributed by atoms with Gasteiger partial charge in [-0.1, -0.05) is 12.1 Å². The third-order valence-electron chi connectivity index (χ3n) is 2.79. The Hall–Kier alpha value is -2.22. The summed E-state index contributed by atoms with van der Waals surface area (Å²) in [6, 6.07) is 6.60. The van der Waals surface area contributed by atoms with Gasteiger partial charge < -0.3 is 0 Å². The lowest BCUT2D eigenvalue weighted by atomic mass is 10.1. The van der Waals surface area contributed by atoms with Crippen LogP contribution in [0.1, 0.15) is 5.56 Å². The number of aromatic amines is 1. The normalized spacial score (nSPS) is 11.8. The van der Waals surface area contributed by atoms with Gasteiger partial charge in [-0.25, -0.2) is 9.37 Å². The quantitative estimate of drug-likeness (QED) is 0.714. The summed E-state index contributed by atoms with van der Waals surface area (Å²) < 4.78 is 52.1. The number of rotatable bonds is 2. The van der Waals surface area contributed by atoms with Gasteiger partial charge in [-0.2, -0.15) is 18.3 Å². The Labute approximate surface area is 120 Å². The molecule has 0 saturated carbocycles. The molecule has 0 aliphatic carbocycles. The highest BCUT2D eigenvalue weighted by molar-refractivity contribution is 7.13. The van der Waals surface area contributed by atoms with Gasteiger partial charge in [0, 0.05) is 0 Å². The predicted molar refractivity (Wildman–Crippen MR) is 70.1 cm³/mol. The molecule has 1 N–H and O–H groups in total. The number of alkyl halides is 3. The van der Waals surface area contributed by atoms with Crippen LogP contribution in [0.4, 0.5) is 17.6 Å². The van der Waals surface area contributed by atoms with Gasteiger partial charge in [0.15, 0.2) is 11.6 Å². The van der Waals surface area contributed by atoms with Gasteiger partial charge >= 0.3 is 6.18 Å². The second kappa shape index (κ2) is 4.96. The third-order valence-corrected chi connectivity index (χ3v) is 3.66. The van der Waals surface area contributed by atoms with Crippen molar-refractivity contribution in [1.29, 1.82) is 0 Å². The number of nitrogens with one attached hydrogen (secondary N) is 1. The first-order valence-corrected chi connectivity index (χ1v) is 6.67. The standard InChI is InChI=1S/C13H7F4N3S/c14-10-7(3-1-4-8(10)13(15,16)17)11-18-12(20-19-11)9-5-2-6-21-9/h1-6H,(H,18,19,20). The zero-order valence-electron chi connectivity index (χ0n) is 10.3. The molecule has 1 aromatic carbocycles. The summed E-state index contributed by atoms with van der Waals surface area (Å²) in [7, 11) is 0. The van der Waals surface area contributed by atoms with Crippen molar-refractivity contribution in [3.05, 3.63) is 47.1 Å². The Morgan fingerprint density at radius 1 is 1.10 bits per heavy atom. The monoisotopic (exact) mass is 313 g/mol. The zero-order chi connectivity index (χ0) is 15.0. The molecule has 2 aromatic heterocycles. The fourth-order valence-corrected chi connectivity index (χ4v) is 2.49. The third kappa shape index (κ3) is 2.54. The summed E-state index contributed by atoms with van der Waals surface area (Å²) in [6.07, 6.45) is -4.76. The lowest BCUT2D eigenvalue weighted by Gasteiger charge is -2.09. The molecule has 2 heterocycles. The number of hydrogen-bond donors (Lipinski definition) is 1. The molecule has 3 nitrogen and oxygen atoms in total. The molecule has 3 aromatic rings. The van der Waals surface area contributed by atoms with Gasteiger partial charge in [-0.05, 0) is 23.6 Å². The van der Waals surface area contributed by atoms with E-state index in [0.29, 0.717) is 11.9 Å². The summed E-state index contributed by atoms with van der Waals surface area (Å²) in [6.45, 7) is 0. The first-order chi connectivity index (χ1) is 9.97. The van der Waals surface area contributed by atoms with E-state index in [-0.39, 0.29) is 11.4 Å². The molecule has 0 bridgehead atoms. The van der Waals surface area contributed by atoms with Gasteiger partial charge in [0.1, 0.15) is 5.82 Å². The van der Waals surface area contributed by atoms with Crippen LogP contribution in [-0.2, 0) is 6.18 Å². The molecule has 21 heavy (non-hydrogen) atoms. The van der Waals surface area contributed by atoms with Crippen LogP contribution in [0.15, 0.2) is 35.7 Å². The molecular formula is C13H7F4N3S. The second-order valence-corrected chi connectivity index (χ2v) is 5.10. The summed E-state index contributed by atoms with van der Waals surface area (Å²) in [4.78, 5) is 4.81. The molecule has 0 aliphatic rings. The van der Waals surface area contributed by atoms with E-state index in [2.05, 4.69) is 15.2 Å². The minimum Gasteiger partial charge on any atom is -0.258 e. The number of thiophene rings is 1. The highest BCUT2D eigenvalue weighted by Crippen LogP contribution is 2.35. The van der Waals surface area contributed by atoms with Gasteiger partial charge in [-0.15, -0.1) is 11.3 Å². The molecule has 108 valence electrons. The summed E-state index contributed by atoms with van der Waals surface area (Å²) in [5.74, 6) is -1.10. The first kappa shape index (κ1) is 13.7. The van der Waals surface area contributed by atoms with Crippen molar-refractivity contribution < 1.29 is 17.6 Å². The molecule has 0 atom stereocenters. The van der Waals surface area contributed by atoms with Crippen LogP contribution >= 0.6 is 11.3 Å². The highest BCUT2D eigenvalue weighted by Gasteiger charge is 2.35. The number of aromatic nitrogens is 3. The van der Waals surface area contributed by atoms with Crippen molar-refractivity contribution in [2.75, 3.05) is 0 Å². The van der Waals surface area contributed by atoms with Crippen molar-refractivity contribution in [3.8, 4) is 22.1 Å². The average molecular weight is 313 g/mol. The SMILES string of the molecule is Fc1c(-c2n[nH]c(-c3cccs3)n2)cccc1C(F)(F)F. The molecular weight excluding hydrogens is 306 g/mol. The van der Waals surface area contributed by atoms with E-state index >= 15 is 0 Å². The van der Waals surface area contributed by atoms with E-state index in [4.69, 9.17) is 0 Å². The van der Waals surface area contributed by atoms with Crippen LogP contribution < -0.4 is 0 Å². The van der Waals surface area contributed by atoms with Gasteiger partial charge in [0.05, 0.1) is 16.0 Å². The predicted octanol–water partition coefficient (Wildman–Crippen LogP) is 4.36. The van der Waals surface area contributed by atoms with Crippen LogP contribution in [0, 0.1) is 5.82 Å². The largest absolute Gasteiger partial charge is 0.419 e. The number of benzene rings is 1. The smallest absolute Gasteiger partial charge is 0.258 e. The second-order valence-electron chi connectivity index (χ2n) is 4.15. The van der Waals surface area contributed by atoms with Gasteiger partial charge in [-0.3, -0.25) is 5.10 Å². The van der Waals surface area contributed by atoms with Gasteiger partial charge in [0.2, 0.25) is 0 Å². The lowest BCUT2D eigenvalue weighted by Crippen LogP contribution is -2.08. The molecule has 0 amide bonds. The van der Waals surface area contributed by atoms with E-state index in [9.17, 15) is 17.6 Å². The van der Waals surface area contributed by atoms with Crippen LogP contribution in [0.25, 0.3) is 22.1 Å². The highest BCUT2D eigenvalue weighted by atomic mass is 32.1. The number of H-pyrrole nitrogens is 1. The average Bonchev–Trinajstić information content (AvgIpc) is 3.08. The topological polar surface area (TPSA) is 41.6 Å². The zero-order valence-corrected chi connectivity index (χ0v) is 11.1. The molecule has 0 spiro atoms. The van der Waals surface area contributed by atoms with Crippen molar-refractivity contribution in [3.63, 3.8) is 0 Å². The summed E-state index contributed by atoms with van der Waals surface area (Å²) in [5, 5.41) is 8.20. The lowest BCUT2D eigenvalue weighted by molar-refractivity contribution is -0.139. The Morgan fingerprint density at radius 3 is 2.57 bits per heavy atom. The molecule has 8 heteroatoms. The molecule has 0 aliphatic heterocycles. The Kier molecular flexibility index (Phi) is 3.25. The molecule has 0 unspecified atom stereocenters. The molecule has 0 fully saturated rings. The first-order valence-electron chi connectivity index (χ1n) is 5.79. The molecule has 0 saturated heterocycles. The van der Waals surface area contributed by atoms with Crippen molar-refractivity contribution in [1.82, 2.24) is 15.2 Å². The minimum absolute atomic E-state index is 0.109. The summed E-state index contributed by atoms with van der Waals surface area (Å²) in [5.41, 5.74) is -1.62. The maximum atomic E-state index is 14.0. The van der Waals surface area contributed by atoms with Crippen LogP contribution in [-0.4, -0.2) is 15.2 Å². The molecule has 0 radical (unpaired) electrons. The van der Waals surface area contributed by atoms with Crippen molar-refractivity contribution in [2.45, 2.75) is 6.18 Å². The minimum atomic E-state index is -4.76. The number of hydrogen-bond acceptors (Lipinski definition) is 3.